The number of aromatic nitrogens is 2. The van der Waals surface area contributed by atoms with Crippen LogP contribution in [0.4, 0.5) is 0 Å². The molecule has 0 unspecified atom stereocenters. The Bertz CT molecular complexity index is 1140. The number of imidazole rings is 1. The molecule has 0 aliphatic carbocycles. The zero-order valence-corrected chi connectivity index (χ0v) is 18.6. The second-order valence-corrected chi connectivity index (χ2v) is 7.69. The van der Waals surface area contributed by atoms with E-state index < -0.39 is 0 Å². The van der Waals surface area contributed by atoms with Gasteiger partial charge in [-0.3, -0.25) is 9.59 Å². The van der Waals surface area contributed by atoms with Crippen LogP contribution in [0.1, 0.15) is 42.0 Å². The summed E-state index contributed by atoms with van der Waals surface area (Å²) >= 11 is 0. The van der Waals surface area contributed by atoms with Crippen LogP contribution < -0.4 is 14.8 Å². The van der Waals surface area contributed by atoms with Crippen LogP contribution in [0, 0.1) is 0 Å². The fraction of sp³-hybridized carbons (Fsp3) is 0.375. The molecule has 1 atom stereocenters. The minimum absolute atomic E-state index is 0.0710. The molecule has 0 radical (unpaired) electrons. The average Bonchev–Trinajstić information content (AvgIpc) is 3.46. The van der Waals surface area contributed by atoms with Crippen molar-refractivity contribution in [1.82, 2.24) is 19.8 Å². The lowest BCUT2D eigenvalue weighted by atomic mass is 10.1. The number of amides is 2. The largest absolute Gasteiger partial charge is 0.493 e. The van der Waals surface area contributed by atoms with Gasteiger partial charge in [-0.25, -0.2) is 4.98 Å². The number of aryl methyl sites for hydroxylation is 1. The lowest BCUT2D eigenvalue weighted by Gasteiger charge is -2.25. The maximum absolute atomic E-state index is 13.5. The first-order valence-corrected chi connectivity index (χ1v) is 10.8. The van der Waals surface area contributed by atoms with E-state index in [1.54, 1.807) is 25.2 Å². The van der Waals surface area contributed by atoms with E-state index in [0.29, 0.717) is 23.6 Å². The Labute approximate surface area is 187 Å². The molecule has 2 heterocycles. The Morgan fingerprint density at radius 3 is 2.75 bits per heavy atom. The van der Waals surface area contributed by atoms with Crippen LogP contribution in [0.25, 0.3) is 11.0 Å². The molecule has 8 nitrogen and oxygen atoms in total. The highest BCUT2D eigenvalue weighted by molar-refractivity contribution is 5.95. The summed E-state index contributed by atoms with van der Waals surface area (Å²) in [4.78, 5) is 31.7. The molecule has 1 fully saturated rings. The molecule has 1 aliphatic heterocycles. The quantitative estimate of drug-likeness (QED) is 0.615. The molecule has 2 aromatic carbocycles. The first-order chi connectivity index (χ1) is 15.6. The zero-order chi connectivity index (χ0) is 22.7. The molecule has 0 spiro atoms. The van der Waals surface area contributed by atoms with Crippen molar-refractivity contribution in [3.05, 3.63) is 53.9 Å². The van der Waals surface area contributed by atoms with Crippen molar-refractivity contribution >= 4 is 22.8 Å². The van der Waals surface area contributed by atoms with Gasteiger partial charge in [-0.2, -0.15) is 0 Å². The monoisotopic (exact) mass is 436 g/mol. The standard InChI is InChI=1S/C24H28N4O4/c1-4-27-18-9-6-5-8-17(18)26-23(27)19-10-7-13-28(19)24(30)16-11-12-20(21(14-16)31-3)32-15-22(29)25-2/h5-6,8-9,11-12,14,19H,4,7,10,13,15H2,1-3H3,(H,25,29)/t19-/m0/s1. The van der Waals surface area contributed by atoms with Crippen LogP contribution in [-0.2, 0) is 11.3 Å². The number of rotatable bonds is 7. The number of hydrogen-bond donors (Lipinski definition) is 1. The molecule has 0 saturated carbocycles. The molecule has 1 aromatic heterocycles. The van der Waals surface area contributed by atoms with Crippen LogP contribution in [0.5, 0.6) is 11.5 Å². The maximum atomic E-state index is 13.5. The van der Waals surface area contributed by atoms with E-state index in [1.165, 1.54) is 7.11 Å². The Morgan fingerprint density at radius 1 is 1.19 bits per heavy atom. The van der Waals surface area contributed by atoms with Gasteiger partial charge in [-0.15, -0.1) is 0 Å². The van der Waals surface area contributed by atoms with E-state index in [0.717, 1.165) is 36.2 Å². The number of likely N-dealkylation sites (tertiary alicyclic amines) is 1. The summed E-state index contributed by atoms with van der Waals surface area (Å²) in [6.07, 6.45) is 1.80. The van der Waals surface area contributed by atoms with E-state index in [4.69, 9.17) is 14.5 Å². The normalized spacial score (nSPS) is 15.7. The first kappa shape index (κ1) is 21.7. The fourth-order valence-electron chi connectivity index (χ4n) is 4.26. The Kier molecular flexibility index (Phi) is 6.30. The van der Waals surface area contributed by atoms with E-state index in [-0.39, 0.29) is 24.5 Å². The minimum Gasteiger partial charge on any atom is -0.493 e. The summed E-state index contributed by atoms with van der Waals surface area (Å²) in [7, 11) is 3.06. The summed E-state index contributed by atoms with van der Waals surface area (Å²) in [5.74, 6) is 1.44. The molecule has 2 amide bonds. The number of carbonyl (C=O) groups is 2. The number of ether oxygens (including phenoxy) is 2. The molecule has 32 heavy (non-hydrogen) atoms. The van der Waals surface area contributed by atoms with Gasteiger partial charge in [0.05, 0.1) is 24.2 Å². The predicted octanol–water partition coefficient (Wildman–Crippen LogP) is 3.17. The van der Waals surface area contributed by atoms with Crippen LogP contribution in [0.3, 0.4) is 0 Å². The second kappa shape index (κ2) is 9.30. The maximum Gasteiger partial charge on any atom is 0.257 e. The number of hydrogen-bond acceptors (Lipinski definition) is 5. The molecule has 168 valence electrons. The summed E-state index contributed by atoms with van der Waals surface area (Å²) < 4.78 is 13.1. The average molecular weight is 437 g/mol. The summed E-state index contributed by atoms with van der Waals surface area (Å²) in [6, 6.07) is 13.0. The Hall–Kier alpha value is -3.55. The van der Waals surface area contributed by atoms with Crippen molar-refractivity contribution in [2.24, 2.45) is 0 Å². The van der Waals surface area contributed by atoms with Gasteiger partial charge in [0.25, 0.3) is 11.8 Å². The van der Waals surface area contributed by atoms with Gasteiger partial charge in [0.15, 0.2) is 18.1 Å². The Balaban J connectivity index is 1.61. The molecule has 8 heteroatoms. The third-order valence-corrected chi connectivity index (χ3v) is 5.86. The lowest BCUT2D eigenvalue weighted by molar-refractivity contribution is -0.122. The van der Waals surface area contributed by atoms with E-state index >= 15 is 0 Å². The van der Waals surface area contributed by atoms with E-state index in [2.05, 4.69) is 22.9 Å². The van der Waals surface area contributed by atoms with Crippen LogP contribution >= 0.6 is 0 Å². The predicted molar refractivity (Wildman–Crippen MR) is 121 cm³/mol. The van der Waals surface area contributed by atoms with Crippen LogP contribution in [-0.4, -0.2) is 53.6 Å². The number of methoxy groups -OCH3 is 1. The lowest BCUT2D eigenvalue weighted by Crippen LogP contribution is -2.32. The molecule has 3 aromatic rings. The van der Waals surface area contributed by atoms with Gasteiger partial charge >= 0.3 is 0 Å². The molecule has 0 bridgehead atoms. The first-order valence-electron chi connectivity index (χ1n) is 10.8. The number of nitrogens with one attached hydrogen (secondary N) is 1. The van der Waals surface area contributed by atoms with Gasteiger partial charge in [0, 0.05) is 25.7 Å². The van der Waals surface area contributed by atoms with Crippen molar-refractivity contribution < 1.29 is 19.1 Å². The van der Waals surface area contributed by atoms with Crippen molar-refractivity contribution in [1.29, 1.82) is 0 Å². The topological polar surface area (TPSA) is 85.7 Å². The van der Waals surface area contributed by atoms with Crippen molar-refractivity contribution in [2.45, 2.75) is 32.4 Å². The SMILES string of the molecule is CCn1c([C@@H]2CCCN2C(=O)c2ccc(OCC(=O)NC)c(OC)c2)nc2ccccc21. The van der Waals surface area contributed by atoms with Gasteiger partial charge in [0.1, 0.15) is 5.82 Å². The van der Waals surface area contributed by atoms with E-state index in [9.17, 15) is 9.59 Å². The zero-order valence-electron chi connectivity index (χ0n) is 18.6. The summed E-state index contributed by atoms with van der Waals surface area (Å²) in [5.41, 5.74) is 2.55. The summed E-state index contributed by atoms with van der Waals surface area (Å²) in [5, 5.41) is 2.51. The smallest absolute Gasteiger partial charge is 0.257 e. The molecule has 4 rings (SSSR count). The molecular formula is C24H28N4O4. The van der Waals surface area contributed by atoms with Crippen LogP contribution in [0.15, 0.2) is 42.5 Å². The number of nitrogens with zero attached hydrogens (tertiary/aromatic N) is 3. The third-order valence-electron chi connectivity index (χ3n) is 5.86. The minimum atomic E-state index is -0.245. The van der Waals surface area contributed by atoms with Crippen molar-refractivity contribution in [3.8, 4) is 11.5 Å². The number of carbonyl (C=O) groups excluding carboxylic acids is 2. The second-order valence-electron chi connectivity index (χ2n) is 7.69. The number of para-hydroxylation sites is 2. The number of likely N-dealkylation sites (N-methyl/N-ethyl adjacent to an activating group) is 1. The van der Waals surface area contributed by atoms with Gasteiger partial charge < -0.3 is 24.3 Å². The highest BCUT2D eigenvalue weighted by Crippen LogP contribution is 2.36. The van der Waals surface area contributed by atoms with Crippen molar-refractivity contribution in [2.75, 3.05) is 27.3 Å². The highest BCUT2D eigenvalue weighted by Gasteiger charge is 2.34. The fourth-order valence-corrected chi connectivity index (χ4v) is 4.26. The molecule has 1 aliphatic rings. The third kappa shape index (κ3) is 4.00. The number of benzene rings is 2. The van der Waals surface area contributed by atoms with Gasteiger partial charge in [-0.1, -0.05) is 12.1 Å². The number of fused-ring (bicyclic) bond motifs is 1. The molecule has 1 N–H and O–H groups in total. The molecular weight excluding hydrogens is 408 g/mol. The Morgan fingerprint density at radius 2 is 2.00 bits per heavy atom. The highest BCUT2D eigenvalue weighted by atomic mass is 16.5. The van der Waals surface area contributed by atoms with Gasteiger partial charge in [-0.05, 0) is 50.1 Å². The van der Waals surface area contributed by atoms with Crippen LogP contribution in [0.2, 0.25) is 0 Å². The van der Waals surface area contributed by atoms with Gasteiger partial charge in [0.2, 0.25) is 0 Å². The van der Waals surface area contributed by atoms with E-state index in [1.807, 2.05) is 23.1 Å². The summed E-state index contributed by atoms with van der Waals surface area (Å²) in [6.45, 7) is 3.44. The molecule has 1 saturated heterocycles. The van der Waals surface area contributed by atoms with Crippen molar-refractivity contribution in [3.63, 3.8) is 0 Å².